The number of nitrogens with two attached hydrogens (primary N) is 1. The molecule has 8 heteroatoms. The summed E-state index contributed by atoms with van der Waals surface area (Å²) in [5.41, 5.74) is 7.03. The number of aromatic amines is 1. The first kappa shape index (κ1) is 11.9. The predicted octanol–water partition coefficient (Wildman–Crippen LogP) is 0.259. The summed E-state index contributed by atoms with van der Waals surface area (Å²) in [6.45, 7) is 0. The maximum Gasteiger partial charge on any atom is 0.280 e. The van der Waals surface area contributed by atoms with Gasteiger partial charge in [-0.3, -0.25) is 19.1 Å². The maximum atomic E-state index is 11.7. The van der Waals surface area contributed by atoms with Crippen molar-refractivity contribution >= 4 is 29.2 Å². The van der Waals surface area contributed by atoms with E-state index in [0.717, 1.165) is 0 Å². The monoisotopic (exact) mass is 270 g/mol. The minimum absolute atomic E-state index is 0.0198. The minimum Gasteiger partial charge on any atom is -0.369 e. The highest BCUT2D eigenvalue weighted by Gasteiger charge is 2.10. The lowest BCUT2D eigenvalue weighted by molar-refractivity contribution is -0.105. The average Bonchev–Trinajstić information content (AvgIpc) is 2.83. The summed E-state index contributed by atoms with van der Waals surface area (Å²) in [7, 11) is 0. The molecular formula is C12H10N6O2. The van der Waals surface area contributed by atoms with Gasteiger partial charge >= 0.3 is 0 Å². The molecule has 1 aromatic carbocycles. The lowest BCUT2D eigenvalue weighted by Crippen LogP contribution is -2.12. The van der Waals surface area contributed by atoms with E-state index in [0.29, 0.717) is 23.4 Å². The topological polar surface area (TPSA) is 119 Å². The van der Waals surface area contributed by atoms with E-state index in [1.165, 1.54) is 6.33 Å². The zero-order valence-electron chi connectivity index (χ0n) is 10.2. The predicted molar refractivity (Wildman–Crippen MR) is 73.6 cm³/mol. The molecule has 0 radical (unpaired) electrons. The van der Waals surface area contributed by atoms with E-state index in [1.54, 1.807) is 28.8 Å². The first-order valence-electron chi connectivity index (χ1n) is 5.72. The molecule has 0 spiro atoms. The third-order valence-electron chi connectivity index (χ3n) is 2.78. The third-order valence-corrected chi connectivity index (χ3v) is 2.78. The molecular weight excluding hydrogens is 260 g/mol. The van der Waals surface area contributed by atoms with Crippen molar-refractivity contribution in [3.8, 4) is 5.69 Å². The van der Waals surface area contributed by atoms with Gasteiger partial charge in [-0.2, -0.15) is 4.98 Å². The van der Waals surface area contributed by atoms with Crippen molar-refractivity contribution in [1.82, 2.24) is 19.5 Å². The highest BCUT2D eigenvalue weighted by Crippen LogP contribution is 2.17. The summed E-state index contributed by atoms with van der Waals surface area (Å²) >= 11 is 0. The second-order valence-corrected chi connectivity index (χ2v) is 4.05. The van der Waals surface area contributed by atoms with Gasteiger partial charge in [-0.05, 0) is 18.2 Å². The van der Waals surface area contributed by atoms with Crippen LogP contribution in [0.2, 0.25) is 0 Å². The molecule has 0 atom stereocenters. The number of aromatic nitrogens is 4. The van der Waals surface area contributed by atoms with Crippen LogP contribution >= 0.6 is 0 Å². The molecule has 0 bridgehead atoms. The number of carbonyl (C=O) groups is 1. The van der Waals surface area contributed by atoms with Gasteiger partial charge in [0.05, 0.1) is 5.69 Å². The lowest BCUT2D eigenvalue weighted by atomic mass is 10.3. The molecule has 3 rings (SSSR count). The van der Waals surface area contributed by atoms with Gasteiger partial charge in [0, 0.05) is 5.69 Å². The molecule has 0 aliphatic carbocycles. The van der Waals surface area contributed by atoms with Crippen molar-refractivity contribution < 1.29 is 4.79 Å². The number of rotatable bonds is 3. The zero-order valence-corrected chi connectivity index (χ0v) is 10.2. The number of hydrogen-bond acceptors (Lipinski definition) is 5. The van der Waals surface area contributed by atoms with E-state index < -0.39 is 5.56 Å². The summed E-state index contributed by atoms with van der Waals surface area (Å²) in [6.07, 6.45) is 2.07. The number of H-pyrrole nitrogens is 1. The number of nitrogens with one attached hydrogen (secondary N) is 2. The SMILES string of the molecule is Nc1nc2c(ncn2-c2cccc(NC=O)c2)c(=O)[nH]1. The third kappa shape index (κ3) is 1.88. The number of anilines is 2. The van der Waals surface area contributed by atoms with Crippen molar-refractivity contribution in [3.05, 3.63) is 40.9 Å². The Morgan fingerprint density at radius 2 is 2.25 bits per heavy atom. The number of fused-ring (bicyclic) bond motifs is 1. The zero-order chi connectivity index (χ0) is 14.1. The Morgan fingerprint density at radius 1 is 1.40 bits per heavy atom. The van der Waals surface area contributed by atoms with Crippen LogP contribution in [0.15, 0.2) is 35.4 Å². The largest absolute Gasteiger partial charge is 0.369 e. The van der Waals surface area contributed by atoms with E-state index >= 15 is 0 Å². The van der Waals surface area contributed by atoms with E-state index in [1.807, 2.05) is 0 Å². The van der Waals surface area contributed by atoms with Crippen LogP contribution < -0.4 is 16.6 Å². The molecule has 8 nitrogen and oxygen atoms in total. The molecule has 0 fully saturated rings. The number of amides is 1. The molecule has 0 saturated heterocycles. The number of imidazole rings is 1. The molecule has 3 aromatic rings. The van der Waals surface area contributed by atoms with Gasteiger partial charge in [0.25, 0.3) is 5.56 Å². The van der Waals surface area contributed by atoms with Gasteiger partial charge in [0.2, 0.25) is 12.4 Å². The summed E-state index contributed by atoms with van der Waals surface area (Å²) < 4.78 is 1.62. The first-order valence-corrected chi connectivity index (χ1v) is 5.72. The van der Waals surface area contributed by atoms with Crippen molar-refractivity contribution in [2.75, 3.05) is 11.1 Å². The molecule has 0 saturated carbocycles. The Kier molecular flexibility index (Phi) is 2.68. The van der Waals surface area contributed by atoms with Crippen LogP contribution in [-0.2, 0) is 4.79 Å². The van der Waals surface area contributed by atoms with Gasteiger partial charge in [0.15, 0.2) is 11.2 Å². The van der Waals surface area contributed by atoms with Gasteiger partial charge < -0.3 is 11.1 Å². The minimum atomic E-state index is -0.395. The number of hydrogen-bond donors (Lipinski definition) is 3. The number of nitrogens with zero attached hydrogens (tertiary/aromatic N) is 3. The number of benzene rings is 1. The van der Waals surface area contributed by atoms with Gasteiger partial charge in [0.1, 0.15) is 6.33 Å². The molecule has 20 heavy (non-hydrogen) atoms. The van der Waals surface area contributed by atoms with Crippen molar-refractivity contribution in [2.24, 2.45) is 0 Å². The Morgan fingerprint density at radius 3 is 3.05 bits per heavy atom. The lowest BCUT2D eigenvalue weighted by Gasteiger charge is -2.06. The Balaban J connectivity index is 2.22. The smallest absolute Gasteiger partial charge is 0.280 e. The molecule has 2 aromatic heterocycles. The average molecular weight is 270 g/mol. The fourth-order valence-electron chi connectivity index (χ4n) is 1.93. The summed E-state index contributed by atoms with van der Waals surface area (Å²) in [5, 5.41) is 2.55. The standard InChI is InChI=1S/C12H10N6O2/c13-12-16-10-9(11(20)17-12)14-5-18(10)8-3-1-2-7(4-8)15-6-19/h1-6H,(H,15,19)(H3,13,16,17,20). The van der Waals surface area contributed by atoms with Crippen molar-refractivity contribution in [1.29, 1.82) is 0 Å². The molecule has 2 heterocycles. The summed E-state index contributed by atoms with van der Waals surface area (Å²) in [4.78, 5) is 32.7. The maximum absolute atomic E-state index is 11.7. The van der Waals surface area contributed by atoms with Crippen LogP contribution in [0.5, 0.6) is 0 Å². The van der Waals surface area contributed by atoms with E-state index in [-0.39, 0.29) is 11.5 Å². The summed E-state index contributed by atoms with van der Waals surface area (Å²) in [6, 6.07) is 7.04. The van der Waals surface area contributed by atoms with Gasteiger partial charge in [-0.15, -0.1) is 0 Å². The molecule has 1 amide bonds. The molecule has 4 N–H and O–H groups in total. The van der Waals surface area contributed by atoms with E-state index in [4.69, 9.17) is 5.73 Å². The quantitative estimate of drug-likeness (QED) is 0.590. The van der Waals surface area contributed by atoms with Crippen LogP contribution in [0.1, 0.15) is 0 Å². The highest BCUT2D eigenvalue weighted by atomic mass is 16.1. The second kappa shape index (κ2) is 4.50. The Bertz CT molecular complexity index is 851. The van der Waals surface area contributed by atoms with Crippen LogP contribution in [0.3, 0.4) is 0 Å². The van der Waals surface area contributed by atoms with E-state index in [9.17, 15) is 9.59 Å². The number of carbonyl (C=O) groups excluding carboxylic acids is 1. The van der Waals surface area contributed by atoms with Crippen molar-refractivity contribution in [2.45, 2.75) is 0 Å². The van der Waals surface area contributed by atoms with Gasteiger partial charge in [-0.1, -0.05) is 6.07 Å². The van der Waals surface area contributed by atoms with E-state index in [2.05, 4.69) is 20.3 Å². The van der Waals surface area contributed by atoms with Crippen LogP contribution in [0, 0.1) is 0 Å². The summed E-state index contributed by atoms with van der Waals surface area (Å²) in [5.74, 6) is 0.0198. The highest BCUT2D eigenvalue weighted by molar-refractivity contribution is 5.75. The Labute approximate surface area is 112 Å². The second-order valence-electron chi connectivity index (χ2n) is 4.05. The van der Waals surface area contributed by atoms with Crippen LogP contribution in [-0.4, -0.2) is 25.9 Å². The van der Waals surface area contributed by atoms with Crippen LogP contribution in [0.4, 0.5) is 11.6 Å². The molecule has 0 unspecified atom stereocenters. The first-order chi connectivity index (χ1) is 9.69. The molecule has 0 aliphatic heterocycles. The van der Waals surface area contributed by atoms with Crippen LogP contribution in [0.25, 0.3) is 16.9 Å². The number of nitrogen functional groups attached to an aromatic ring is 1. The fraction of sp³-hybridized carbons (Fsp3) is 0. The Hall–Kier alpha value is -3.16. The van der Waals surface area contributed by atoms with Gasteiger partial charge in [-0.25, -0.2) is 4.98 Å². The fourth-order valence-corrected chi connectivity index (χ4v) is 1.93. The normalized spacial score (nSPS) is 10.6. The molecule has 100 valence electrons. The molecule has 0 aliphatic rings. The van der Waals surface area contributed by atoms with Crippen molar-refractivity contribution in [3.63, 3.8) is 0 Å².